The molecule has 0 bridgehead atoms. The predicted octanol–water partition coefficient (Wildman–Crippen LogP) is 5.10. The van der Waals surface area contributed by atoms with Crippen LogP contribution in [0.1, 0.15) is 40.5 Å². The van der Waals surface area contributed by atoms with E-state index < -0.39 is 0 Å². The molecular weight excluding hydrogens is 297 g/mol. The van der Waals surface area contributed by atoms with Gasteiger partial charge in [-0.05, 0) is 29.9 Å². The maximum absolute atomic E-state index is 12.0. The van der Waals surface area contributed by atoms with Crippen molar-refractivity contribution in [1.29, 1.82) is 0 Å². The number of phenolic OH excluding ortho intramolecular Hbond substituents is 1. The number of carbonyl (C=O) groups excluding carboxylic acids is 1. The van der Waals surface area contributed by atoms with Gasteiger partial charge in [-0.1, -0.05) is 50.9 Å². The Morgan fingerprint density at radius 3 is 2.50 bits per heavy atom. The summed E-state index contributed by atoms with van der Waals surface area (Å²) in [6.45, 7) is 8.47. The van der Waals surface area contributed by atoms with E-state index in [1.807, 2.05) is 6.92 Å². The Hall–Kier alpha value is -0.930. The molecule has 0 spiro atoms. The predicted molar refractivity (Wildman–Crippen MR) is 84.6 cm³/mol. The second-order valence-electron chi connectivity index (χ2n) is 6.41. The van der Waals surface area contributed by atoms with E-state index in [2.05, 4.69) is 26.1 Å². The number of carbonyl (C=O) groups is 1. The Labute approximate surface area is 130 Å². The number of halogens is 2. The van der Waals surface area contributed by atoms with Crippen LogP contribution in [0.3, 0.4) is 0 Å². The summed E-state index contributed by atoms with van der Waals surface area (Å²) in [5.41, 5.74) is 0.428. The molecule has 0 saturated carbocycles. The minimum Gasteiger partial charge on any atom is -0.504 e. The van der Waals surface area contributed by atoms with Crippen molar-refractivity contribution in [1.82, 2.24) is 0 Å². The summed E-state index contributed by atoms with van der Waals surface area (Å²) < 4.78 is 0. The molecule has 0 heterocycles. The van der Waals surface area contributed by atoms with Gasteiger partial charge in [-0.15, -0.1) is 0 Å². The summed E-state index contributed by atoms with van der Waals surface area (Å²) in [5, 5.41) is 12.9. The fraction of sp³-hybridized carbons (Fsp3) is 0.533. The summed E-state index contributed by atoms with van der Waals surface area (Å²) in [7, 11) is 0. The average molecular weight is 318 g/mol. The van der Waals surface area contributed by atoms with Gasteiger partial charge in [-0.25, -0.2) is 0 Å². The Morgan fingerprint density at radius 1 is 1.35 bits per heavy atom. The smallest absolute Gasteiger partial charge is 0.224 e. The molecule has 3 nitrogen and oxygen atoms in total. The van der Waals surface area contributed by atoms with Gasteiger partial charge in [0, 0.05) is 11.4 Å². The van der Waals surface area contributed by atoms with Gasteiger partial charge in [-0.3, -0.25) is 4.79 Å². The summed E-state index contributed by atoms with van der Waals surface area (Å²) in [4.78, 5) is 12.0. The lowest BCUT2D eigenvalue weighted by molar-refractivity contribution is -0.117. The third-order valence-electron chi connectivity index (χ3n) is 2.80. The Kier molecular flexibility index (Phi) is 5.72. The second kappa shape index (κ2) is 6.68. The number of anilines is 1. The van der Waals surface area contributed by atoms with Crippen LogP contribution in [0.25, 0.3) is 0 Å². The molecule has 0 aliphatic rings. The SMILES string of the molecule is CC(CC(=O)Nc1cc(Cl)cc(Cl)c1O)CC(C)(C)C. The van der Waals surface area contributed by atoms with Crippen LogP contribution in [0.15, 0.2) is 12.1 Å². The van der Waals surface area contributed by atoms with E-state index in [4.69, 9.17) is 23.2 Å². The molecule has 112 valence electrons. The van der Waals surface area contributed by atoms with Crippen molar-refractivity contribution in [2.24, 2.45) is 11.3 Å². The number of rotatable bonds is 4. The molecule has 20 heavy (non-hydrogen) atoms. The van der Waals surface area contributed by atoms with Crippen molar-refractivity contribution in [2.45, 2.75) is 40.5 Å². The number of nitrogens with one attached hydrogen (secondary N) is 1. The molecule has 1 rings (SSSR count). The zero-order valence-corrected chi connectivity index (χ0v) is 13.8. The summed E-state index contributed by atoms with van der Waals surface area (Å²) in [6, 6.07) is 2.91. The molecular formula is C15H21Cl2NO2. The fourth-order valence-corrected chi connectivity index (χ4v) is 2.79. The average Bonchev–Trinajstić information content (AvgIpc) is 2.21. The number of hydrogen-bond acceptors (Lipinski definition) is 2. The highest BCUT2D eigenvalue weighted by Gasteiger charge is 2.18. The van der Waals surface area contributed by atoms with Crippen LogP contribution in [-0.4, -0.2) is 11.0 Å². The van der Waals surface area contributed by atoms with Crippen molar-refractivity contribution in [3.8, 4) is 5.75 Å². The molecule has 1 amide bonds. The monoisotopic (exact) mass is 317 g/mol. The maximum Gasteiger partial charge on any atom is 0.224 e. The van der Waals surface area contributed by atoms with Gasteiger partial charge in [0.1, 0.15) is 0 Å². The van der Waals surface area contributed by atoms with Crippen LogP contribution in [0.4, 0.5) is 5.69 Å². The van der Waals surface area contributed by atoms with Crippen molar-refractivity contribution in [2.75, 3.05) is 5.32 Å². The third kappa shape index (κ3) is 5.59. The quantitative estimate of drug-likeness (QED) is 0.759. The zero-order valence-electron chi connectivity index (χ0n) is 12.3. The second-order valence-corrected chi connectivity index (χ2v) is 7.25. The van der Waals surface area contributed by atoms with Gasteiger partial charge in [0.15, 0.2) is 5.75 Å². The van der Waals surface area contributed by atoms with E-state index in [0.29, 0.717) is 11.4 Å². The lowest BCUT2D eigenvalue weighted by atomic mass is 9.84. The highest BCUT2D eigenvalue weighted by molar-refractivity contribution is 6.36. The van der Waals surface area contributed by atoms with Crippen LogP contribution in [0.2, 0.25) is 10.0 Å². The highest BCUT2D eigenvalue weighted by Crippen LogP contribution is 2.35. The first-order valence-corrected chi connectivity index (χ1v) is 7.32. The first-order valence-electron chi connectivity index (χ1n) is 6.56. The van der Waals surface area contributed by atoms with Crippen molar-refractivity contribution >= 4 is 34.8 Å². The molecule has 2 N–H and O–H groups in total. The van der Waals surface area contributed by atoms with Crippen LogP contribution >= 0.6 is 23.2 Å². The minimum absolute atomic E-state index is 0.121. The molecule has 1 unspecified atom stereocenters. The van der Waals surface area contributed by atoms with Crippen LogP contribution in [-0.2, 0) is 4.79 Å². The van der Waals surface area contributed by atoms with Crippen molar-refractivity contribution in [3.05, 3.63) is 22.2 Å². The summed E-state index contributed by atoms with van der Waals surface area (Å²) >= 11 is 11.7. The lowest BCUT2D eigenvalue weighted by Crippen LogP contribution is -2.19. The van der Waals surface area contributed by atoms with Crippen LogP contribution in [0, 0.1) is 11.3 Å². The fourth-order valence-electron chi connectivity index (χ4n) is 2.30. The summed E-state index contributed by atoms with van der Waals surface area (Å²) in [6.07, 6.45) is 1.34. The van der Waals surface area contributed by atoms with Crippen LogP contribution in [0.5, 0.6) is 5.75 Å². The van der Waals surface area contributed by atoms with Gasteiger partial charge < -0.3 is 10.4 Å². The Morgan fingerprint density at radius 2 is 1.95 bits per heavy atom. The van der Waals surface area contributed by atoms with Gasteiger partial charge in [0.25, 0.3) is 0 Å². The van der Waals surface area contributed by atoms with Gasteiger partial charge in [0.05, 0.1) is 10.7 Å². The topological polar surface area (TPSA) is 49.3 Å². The molecule has 1 aromatic carbocycles. The number of aromatic hydroxyl groups is 1. The van der Waals surface area contributed by atoms with E-state index >= 15 is 0 Å². The van der Waals surface area contributed by atoms with Crippen LogP contribution < -0.4 is 5.32 Å². The number of amides is 1. The molecule has 0 fully saturated rings. The molecule has 1 atom stereocenters. The molecule has 0 aliphatic heterocycles. The number of hydrogen-bond donors (Lipinski definition) is 2. The van der Waals surface area contributed by atoms with E-state index in [1.165, 1.54) is 12.1 Å². The van der Waals surface area contributed by atoms with E-state index in [1.54, 1.807) is 0 Å². The number of phenols is 1. The highest BCUT2D eigenvalue weighted by atomic mass is 35.5. The van der Waals surface area contributed by atoms with E-state index in [-0.39, 0.29) is 33.7 Å². The molecule has 0 aliphatic carbocycles. The van der Waals surface area contributed by atoms with Gasteiger partial charge in [-0.2, -0.15) is 0 Å². The lowest BCUT2D eigenvalue weighted by Gasteiger charge is -2.22. The first kappa shape index (κ1) is 17.1. The Bertz CT molecular complexity index is 495. The van der Waals surface area contributed by atoms with E-state index in [0.717, 1.165) is 6.42 Å². The molecule has 1 aromatic rings. The maximum atomic E-state index is 12.0. The zero-order chi connectivity index (χ0) is 15.5. The molecule has 0 saturated heterocycles. The largest absolute Gasteiger partial charge is 0.504 e. The minimum atomic E-state index is -0.159. The number of benzene rings is 1. The van der Waals surface area contributed by atoms with Crippen molar-refractivity contribution in [3.63, 3.8) is 0 Å². The first-order chi connectivity index (χ1) is 9.08. The molecule has 0 radical (unpaired) electrons. The third-order valence-corrected chi connectivity index (χ3v) is 3.30. The normalized spacial score (nSPS) is 13.1. The Balaban J connectivity index is 2.68. The molecule has 5 heteroatoms. The standard InChI is InChI=1S/C15H21Cl2NO2/c1-9(8-15(2,3)4)5-13(19)18-12-7-10(16)6-11(17)14(12)20/h6-7,9,20H,5,8H2,1-4H3,(H,18,19). The van der Waals surface area contributed by atoms with Gasteiger partial charge in [0.2, 0.25) is 5.91 Å². The summed E-state index contributed by atoms with van der Waals surface area (Å²) in [5.74, 6) is -0.0601. The van der Waals surface area contributed by atoms with E-state index in [9.17, 15) is 9.90 Å². The van der Waals surface area contributed by atoms with Crippen molar-refractivity contribution < 1.29 is 9.90 Å². The van der Waals surface area contributed by atoms with Gasteiger partial charge >= 0.3 is 0 Å². The molecule has 0 aromatic heterocycles.